The topological polar surface area (TPSA) is 78.5 Å². The van der Waals surface area contributed by atoms with Crippen LogP contribution in [0.15, 0.2) is 12.1 Å². The van der Waals surface area contributed by atoms with Crippen molar-refractivity contribution < 1.29 is 15.1 Å². The molecule has 0 spiro atoms. The molecular weight excluding hydrogens is 160 g/mol. The molecule has 0 fully saturated rings. The van der Waals surface area contributed by atoms with Crippen molar-refractivity contribution in [2.75, 3.05) is 0 Å². The van der Waals surface area contributed by atoms with Gasteiger partial charge in [0.2, 0.25) is 17.7 Å². The lowest BCUT2D eigenvalue weighted by Gasteiger charge is -2.06. The summed E-state index contributed by atoms with van der Waals surface area (Å²) in [6.07, 6.45) is 0.400. The Labute approximate surface area is 69.3 Å². The first-order valence-corrected chi connectivity index (χ1v) is 3.50. The van der Waals surface area contributed by atoms with E-state index in [0.29, 0.717) is 6.42 Å². The lowest BCUT2D eigenvalue weighted by molar-refractivity contribution is 0.182. The summed E-state index contributed by atoms with van der Waals surface area (Å²) in [6.45, 7) is 1.74. The average molecular weight is 170 g/mol. The van der Waals surface area contributed by atoms with E-state index in [1.165, 1.54) is 12.1 Å². The molecule has 1 aromatic rings. The SMILES string of the molecule is CCC(=N)On1c(O)ccc1O. The minimum Gasteiger partial charge on any atom is -0.492 e. The van der Waals surface area contributed by atoms with Crippen molar-refractivity contribution in [3.05, 3.63) is 12.1 Å². The van der Waals surface area contributed by atoms with Gasteiger partial charge in [0.15, 0.2) is 0 Å². The molecule has 3 N–H and O–H groups in total. The minimum absolute atomic E-state index is 0.0307. The lowest BCUT2D eigenvalue weighted by atomic mass is 10.5. The molecule has 0 radical (unpaired) electrons. The molecule has 0 amide bonds. The molecule has 1 aromatic heterocycles. The molecule has 66 valence electrons. The summed E-state index contributed by atoms with van der Waals surface area (Å²) >= 11 is 0. The molecule has 0 unspecified atom stereocenters. The van der Waals surface area contributed by atoms with Crippen molar-refractivity contribution in [1.29, 1.82) is 5.41 Å². The molecule has 5 heteroatoms. The van der Waals surface area contributed by atoms with E-state index in [-0.39, 0.29) is 17.7 Å². The highest BCUT2D eigenvalue weighted by Gasteiger charge is 2.07. The summed E-state index contributed by atoms with van der Waals surface area (Å²) in [5, 5.41) is 25.3. The third-order valence-electron chi connectivity index (χ3n) is 1.32. The standard InChI is InChI=1S/C7H10N2O3/c1-2-5(8)12-9-6(10)3-4-7(9)11/h3-4,8,10-11H,2H2,1H3. The smallest absolute Gasteiger partial charge is 0.229 e. The number of hydrogen-bond acceptors (Lipinski definition) is 4. The largest absolute Gasteiger partial charge is 0.492 e. The van der Waals surface area contributed by atoms with E-state index in [2.05, 4.69) is 0 Å². The van der Waals surface area contributed by atoms with Crippen LogP contribution in [0.5, 0.6) is 11.8 Å². The van der Waals surface area contributed by atoms with Crippen LogP contribution >= 0.6 is 0 Å². The first-order valence-electron chi connectivity index (χ1n) is 3.50. The van der Waals surface area contributed by atoms with E-state index in [4.69, 9.17) is 20.5 Å². The molecule has 12 heavy (non-hydrogen) atoms. The van der Waals surface area contributed by atoms with Crippen LogP contribution in [0, 0.1) is 5.41 Å². The van der Waals surface area contributed by atoms with Gasteiger partial charge < -0.3 is 15.1 Å². The normalized spacial score (nSPS) is 9.75. The number of rotatable bonds is 2. The zero-order chi connectivity index (χ0) is 9.14. The summed E-state index contributed by atoms with van der Waals surface area (Å²) in [6, 6.07) is 2.55. The summed E-state index contributed by atoms with van der Waals surface area (Å²) < 4.78 is 0.784. The fourth-order valence-corrected chi connectivity index (χ4v) is 0.670. The van der Waals surface area contributed by atoms with Crippen LogP contribution in [0.2, 0.25) is 0 Å². The molecular formula is C7H10N2O3. The molecule has 0 saturated heterocycles. The first-order chi connectivity index (χ1) is 5.65. The first kappa shape index (κ1) is 8.45. The lowest BCUT2D eigenvalue weighted by Crippen LogP contribution is -2.16. The molecule has 1 heterocycles. The molecule has 0 atom stereocenters. The summed E-state index contributed by atoms with van der Waals surface area (Å²) in [7, 11) is 0. The van der Waals surface area contributed by atoms with Crippen LogP contribution in [0.4, 0.5) is 0 Å². The van der Waals surface area contributed by atoms with Gasteiger partial charge in [-0.25, -0.2) is 0 Å². The summed E-state index contributed by atoms with van der Waals surface area (Å²) in [5.41, 5.74) is 0. The fraction of sp³-hybridized carbons (Fsp3) is 0.286. The van der Waals surface area contributed by atoms with E-state index < -0.39 is 0 Å². The molecule has 1 rings (SSSR count). The van der Waals surface area contributed by atoms with Crippen LogP contribution in [0.3, 0.4) is 0 Å². The third-order valence-corrected chi connectivity index (χ3v) is 1.32. The van der Waals surface area contributed by atoms with E-state index in [1.807, 2.05) is 0 Å². The molecule has 0 saturated carbocycles. The van der Waals surface area contributed by atoms with Gasteiger partial charge in [-0.1, -0.05) is 6.92 Å². The molecule has 0 aliphatic heterocycles. The molecule has 0 aromatic carbocycles. The molecule has 0 aliphatic rings. The Kier molecular flexibility index (Phi) is 2.23. The van der Waals surface area contributed by atoms with Crippen molar-refractivity contribution in [1.82, 2.24) is 4.73 Å². The number of hydrogen-bond donors (Lipinski definition) is 3. The van der Waals surface area contributed by atoms with E-state index in [9.17, 15) is 0 Å². The maximum absolute atomic E-state index is 9.06. The second-order valence-electron chi connectivity index (χ2n) is 2.21. The van der Waals surface area contributed by atoms with Crippen LogP contribution in [-0.2, 0) is 0 Å². The van der Waals surface area contributed by atoms with Crippen molar-refractivity contribution in [2.45, 2.75) is 13.3 Å². The van der Waals surface area contributed by atoms with Gasteiger partial charge in [0.05, 0.1) is 0 Å². The highest BCUT2D eigenvalue weighted by atomic mass is 16.7. The van der Waals surface area contributed by atoms with E-state index in [1.54, 1.807) is 6.92 Å². The van der Waals surface area contributed by atoms with Crippen LogP contribution in [-0.4, -0.2) is 20.8 Å². The third kappa shape index (κ3) is 1.50. The quantitative estimate of drug-likeness (QED) is 0.452. The fourth-order valence-electron chi connectivity index (χ4n) is 0.670. The second kappa shape index (κ2) is 3.17. The highest BCUT2D eigenvalue weighted by Crippen LogP contribution is 2.18. The van der Waals surface area contributed by atoms with E-state index >= 15 is 0 Å². The zero-order valence-corrected chi connectivity index (χ0v) is 6.61. The second-order valence-corrected chi connectivity index (χ2v) is 2.21. The average Bonchev–Trinajstić information content (AvgIpc) is 2.35. The number of nitrogens with zero attached hydrogens (tertiary/aromatic N) is 1. The van der Waals surface area contributed by atoms with Crippen LogP contribution < -0.4 is 4.84 Å². The molecule has 0 bridgehead atoms. The Morgan fingerprint density at radius 1 is 1.50 bits per heavy atom. The summed E-state index contributed by atoms with van der Waals surface area (Å²) in [4.78, 5) is 4.77. The van der Waals surface area contributed by atoms with Gasteiger partial charge in [-0.05, 0) is 0 Å². The van der Waals surface area contributed by atoms with Crippen molar-refractivity contribution in [3.63, 3.8) is 0 Å². The zero-order valence-electron chi connectivity index (χ0n) is 6.61. The minimum atomic E-state index is -0.231. The highest BCUT2D eigenvalue weighted by molar-refractivity contribution is 5.72. The predicted molar refractivity (Wildman–Crippen MR) is 42.4 cm³/mol. The number of nitrogens with one attached hydrogen (secondary N) is 1. The Bertz CT molecular complexity index is 273. The van der Waals surface area contributed by atoms with Crippen LogP contribution in [0.1, 0.15) is 13.3 Å². The molecule has 5 nitrogen and oxygen atoms in total. The number of aromatic hydroxyl groups is 2. The van der Waals surface area contributed by atoms with Gasteiger partial charge in [0, 0.05) is 18.6 Å². The summed E-state index contributed by atoms with van der Waals surface area (Å²) in [5.74, 6) is -0.492. The monoisotopic (exact) mass is 170 g/mol. The maximum atomic E-state index is 9.06. The van der Waals surface area contributed by atoms with Gasteiger partial charge >= 0.3 is 0 Å². The van der Waals surface area contributed by atoms with Crippen molar-refractivity contribution in [3.8, 4) is 11.8 Å². The van der Waals surface area contributed by atoms with Gasteiger partial charge in [-0.15, -0.1) is 4.73 Å². The number of aromatic nitrogens is 1. The van der Waals surface area contributed by atoms with Gasteiger partial charge in [-0.2, -0.15) is 0 Å². The van der Waals surface area contributed by atoms with E-state index in [0.717, 1.165) is 4.73 Å². The van der Waals surface area contributed by atoms with Gasteiger partial charge in [0.1, 0.15) is 0 Å². The predicted octanol–water partition coefficient (Wildman–Crippen LogP) is 0.715. The van der Waals surface area contributed by atoms with Crippen LogP contribution in [0.25, 0.3) is 0 Å². The Morgan fingerprint density at radius 3 is 2.42 bits per heavy atom. The molecule has 0 aliphatic carbocycles. The van der Waals surface area contributed by atoms with Crippen molar-refractivity contribution >= 4 is 5.90 Å². The van der Waals surface area contributed by atoms with Crippen molar-refractivity contribution in [2.24, 2.45) is 0 Å². The maximum Gasteiger partial charge on any atom is 0.229 e. The Balaban J connectivity index is 2.80. The Morgan fingerprint density at radius 2 is 2.00 bits per heavy atom. The Hall–Kier alpha value is -1.65. The van der Waals surface area contributed by atoms with Gasteiger partial charge in [-0.3, -0.25) is 5.41 Å². The van der Waals surface area contributed by atoms with Gasteiger partial charge in [0.25, 0.3) is 0 Å².